The molecule has 10 nitrogen and oxygen atoms in total. The van der Waals surface area contributed by atoms with Crippen molar-refractivity contribution in [3.05, 3.63) is 96.9 Å². The number of rotatable bonds is 19. The van der Waals surface area contributed by atoms with Crippen molar-refractivity contribution in [2.24, 2.45) is 5.41 Å². The maximum atomic E-state index is 13.0. The molecule has 0 saturated heterocycles. The minimum atomic E-state index is -1.96. The van der Waals surface area contributed by atoms with Gasteiger partial charge in [0.25, 0.3) is 0 Å². The first-order valence-corrected chi connectivity index (χ1v) is 15.0. The lowest BCUT2D eigenvalue weighted by atomic mass is 9.86. The van der Waals surface area contributed by atoms with Gasteiger partial charge in [-0.15, -0.1) is 0 Å². The van der Waals surface area contributed by atoms with Crippen LogP contribution in [0.1, 0.15) is 34.1 Å². The number of esters is 3. The van der Waals surface area contributed by atoms with Gasteiger partial charge in [-0.1, -0.05) is 56.1 Å². The van der Waals surface area contributed by atoms with Crippen LogP contribution in [0.2, 0.25) is 0 Å². The van der Waals surface area contributed by atoms with Crippen LogP contribution in [0.25, 0.3) is 0 Å². The summed E-state index contributed by atoms with van der Waals surface area (Å²) >= 11 is 0. The molecule has 44 heavy (non-hydrogen) atoms. The molecule has 1 N–H and O–H groups in total. The van der Waals surface area contributed by atoms with Gasteiger partial charge < -0.3 is 33.1 Å². The van der Waals surface area contributed by atoms with E-state index in [1.165, 1.54) is 6.92 Å². The second kappa shape index (κ2) is 18.0. The molecule has 11 heteroatoms. The third kappa shape index (κ3) is 13.1. The van der Waals surface area contributed by atoms with Crippen LogP contribution in [0.15, 0.2) is 96.9 Å². The van der Waals surface area contributed by atoms with Gasteiger partial charge in [0.2, 0.25) is 0 Å². The highest BCUT2D eigenvalue weighted by molar-refractivity contribution is 7.50. The topological polar surface area (TPSA) is 127 Å². The Balaban J connectivity index is 1.93. The molecular formula is C33H41O10P. The number of carbonyl (C=O) groups excluding carboxylic acids is 3. The van der Waals surface area contributed by atoms with Crippen molar-refractivity contribution >= 4 is 26.3 Å². The van der Waals surface area contributed by atoms with Crippen LogP contribution >= 0.6 is 8.38 Å². The van der Waals surface area contributed by atoms with E-state index in [9.17, 15) is 19.3 Å². The summed E-state index contributed by atoms with van der Waals surface area (Å²) in [7, 11) is -1.96. The van der Waals surface area contributed by atoms with E-state index < -0.39 is 43.9 Å². The first kappa shape index (κ1) is 36.2. The maximum absolute atomic E-state index is 13.0. The second-order valence-corrected chi connectivity index (χ2v) is 12.2. The Labute approximate surface area is 260 Å². The zero-order valence-electron chi connectivity index (χ0n) is 25.7. The van der Waals surface area contributed by atoms with Crippen molar-refractivity contribution in [2.45, 2.75) is 46.3 Å². The van der Waals surface area contributed by atoms with Crippen molar-refractivity contribution in [2.75, 3.05) is 26.4 Å². The van der Waals surface area contributed by atoms with Gasteiger partial charge in [-0.3, -0.25) is 4.79 Å². The summed E-state index contributed by atoms with van der Waals surface area (Å²) in [4.78, 5) is 48.1. The predicted molar refractivity (Wildman–Crippen MR) is 167 cm³/mol. The number of allylic oxidation sites excluding steroid dienone is 1. The smallest absolute Gasteiger partial charge is 0.333 e. The van der Waals surface area contributed by atoms with Gasteiger partial charge in [-0.25, -0.2) is 9.59 Å². The molecule has 238 valence electrons. The molecule has 0 amide bonds. The molecule has 3 unspecified atom stereocenters. The lowest BCUT2D eigenvalue weighted by Gasteiger charge is -2.26. The fourth-order valence-corrected chi connectivity index (χ4v) is 4.02. The number of benzene rings is 2. The molecule has 0 aliphatic carbocycles. The molecule has 0 heterocycles. The summed E-state index contributed by atoms with van der Waals surface area (Å²) in [5.74, 6) is -0.912. The van der Waals surface area contributed by atoms with E-state index in [0.29, 0.717) is 16.8 Å². The SMILES string of the molecule is C=C(C)C(=O)OC(COC(=O)C(=C)CC(C)(C)C(=O)OCC(COc1ccccc1)OP(O)C(=C)C)COc1ccccc1. The summed E-state index contributed by atoms with van der Waals surface area (Å²) in [6, 6.07) is 17.9. The van der Waals surface area contributed by atoms with Crippen LogP contribution in [0, 0.1) is 5.41 Å². The van der Waals surface area contributed by atoms with Crippen molar-refractivity contribution in [1.29, 1.82) is 0 Å². The molecule has 2 rings (SSSR count). The molecule has 2 aromatic rings. The Morgan fingerprint density at radius 3 is 1.77 bits per heavy atom. The minimum Gasteiger partial charge on any atom is -0.491 e. The summed E-state index contributed by atoms with van der Waals surface area (Å²) < 4.78 is 33.2. The van der Waals surface area contributed by atoms with Gasteiger partial charge in [-0.05, 0) is 63.7 Å². The normalized spacial score (nSPS) is 13.0. The molecule has 0 aliphatic heterocycles. The molecule has 0 aliphatic rings. The van der Waals surface area contributed by atoms with Crippen LogP contribution in [0.4, 0.5) is 0 Å². The van der Waals surface area contributed by atoms with Crippen LogP contribution in [0.5, 0.6) is 11.5 Å². The number of hydrogen-bond acceptors (Lipinski definition) is 10. The molecule has 3 atom stereocenters. The van der Waals surface area contributed by atoms with Crippen LogP contribution in [-0.2, 0) is 33.1 Å². The Morgan fingerprint density at radius 1 is 0.773 bits per heavy atom. The monoisotopic (exact) mass is 628 g/mol. The summed E-state index contributed by atoms with van der Waals surface area (Å²) in [5, 5.41) is 0.439. The van der Waals surface area contributed by atoms with Crippen LogP contribution < -0.4 is 9.47 Å². The van der Waals surface area contributed by atoms with Crippen LogP contribution in [0.3, 0.4) is 0 Å². The van der Waals surface area contributed by atoms with Crippen molar-refractivity contribution < 1.29 is 47.5 Å². The zero-order valence-corrected chi connectivity index (χ0v) is 26.5. The van der Waals surface area contributed by atoms with Crippen molar-refractivity contribution in [3.63, 3.8) is 0 Å². The second-order valence-electron chi connectivity index (χ2n) is 10.7. The van der Waals surface area contributed by atoms with E-state index in [0.717, 1.165) is 0 Å². The molecule has 0 aromatic heterocycles. The fourth-order valence-electron chi connectivity index (χ4n) is 3.43. The average Bonchev–Trinajstić information content (AvgIpc) is 2.99. The van der Waals surface area contributed by atoms with Gasteiger partial charge in [0.1, 0.15) is 44.0 Å². The van der Waals surface area contributed by atoms with Gasteiger partial charge in [0.05, 0.1) is 5.41 Å². The highest BCUT2D eigenvalue weighted by Crippen LogP contribution is 2.41. The first-order chi connectivity index (χ1) is 20.8. The first-order valence-electron chi connectivity index (χ1n) is 13.8. The largest absolute Gasteiger partial charge is 0.491 e. The fraction of sp³-hybridized carbons (Fsp3) is 0.364. The zero-order chi connectivity index (χ0) is 32.7. The van der Waals surface area contributed by atoms with E-state index in [2.05, 4.69) is 19.7 Å². The van der Waals surface area contributed by atoms with E-state index in [1.807, 2.05) is 24.3 Å². The molecule has 0 saturated carbocycles. The molecule has 0 radical (unpaired) electrons. The third-order valence-electron chi connectivity index (χ3n) is 5.85. The molecule has 0 fully saturated rings. The van der Waals surface area contributed by atoms with Gasteiger partial charge in [0, 0.05) is 11.1 Å². The highest BCUT2D eigenvalue weighted by atomic mass is 31.2. The highest BCUT2D eigenvalue weighted by Gasteiger charge is 2.33. The van der Waals surface area contributed by atoms with Gasteiger partial charge in [-0.2, -0.15) is 0 Å². The van der Waals surface area contributed by atoms with E-state index in [4.69, 9.17) is 28.2 Å². The minimum absolute atomic E-state index is 0.00847. The quantitative estimate of drug-likeness (QED) is 0.0868. The van der Waals surface area contributed by atoms with E-state index >= 15 is 0 Å². The predicted octanol–water partition coefficient (Wildman–Crippen LogP) is 5.91. The number of ether oxygens (including phenoxy) is 5. The average molecular weight is 629 g/mol. The van der Waals surface area contributed by atoms with Crippen molar-refractivity contribution in [3.8, 4) is 11.5 Å². The lowest BCUT2D eigenvalue weighted by molar-refractivity contribution is -0.158. The Hall–Kier alpha value is -3.98. The van der Waals surface area contributed by atoms with Crippen molar-refractivity contribution in [1.82, 2.24) is 0 Å². The molecule has 0 bridgehead atoms. The van der Waals surface area contributed by atoms with E-state index in [1.54, 1.807) is 57.2 Å². The maximum Gasteiger partial charge on any atom is 0.333 e. The number of hydrogen-bond donors (Lipinski definition) is 1. The number of carbonyl (C=O) groups is 3. The Bertz CT molecular complexity index is 1280. The molecule has 0 spiro atoms. The summed E-state index contributed by atoms with van der Waals surface area (Å²) in [5.41, 5.74) is -0.968. The number of para-hydroxylation sites is 2. The van der Waals surface area contributed by atoms with Crippen LogP contribution in [-0.4, -0.2) is 61.4 Å². The van der Waals surface area contributed by atoms with E-state index in [-0.39, 0.29) is 44.0 Å². The molecule has 2 aromatic carbocycles. The third-order valence-corrected chi connectivity index (χ3v) is 7.00. The molecular weight excluding hydrogens is 587 g/mol. The summed E-state index contributed by atoms with van der Waals surface area (Å²) in [6.45, 7) is 16.8. The van der Waals surface area contributed by atoms with Gasteiger partial charge in [0.15, 0.2) is 14.5 Å². The Morgan fingerprint density at radius 2 is 1.27 bits per heavy atom. The summed E-state index contributed by atoms with van der Waals surface area (Å²) in [6.07, 6.45) is -1.78. The standard InChI is InChI=1S/C33H41O10P/c1-23(2)30(34)42-28(19-38-26-14-10-8-11-15-26)20-40-31(35)25(5)18-33(6,7)32(36)41-22-29(43-44(37)24(3)4)21-39-27-16-12-9-13-17-27/h8-17,28-29,37H,1,3,5,18-22H2,2,4,6-7H3. The Kier molecular flexibility index (Phi) is 14.8. The van der Waals surface area contributed by atoms with Gasteiger partial charge >= 0.3 is 17.9 Å². The lowest BCUT2D eigenvalue weighted by Crippen LogP contribution is -2.34.